The molecule has 0 radical (unpaired) electrons. The molecule has 0 bridgehead atoms. The smallest absolute Gasteiger partial charge is 0.122 e. The molecule has 0 saturated heterocycles. The van der Waals surface area contributed by atoms with Gasteiger partial charge in [-0.3, -0.25) is 0 Å². The van der Waals surface area contributed by atoms with Crippen LogP contribution in [-0.2, 0) is 6.54 Å². The van der Waals surface area contributed by atoms with Gasteiger partial charge in [0.15, 0.2) is 0 Å². The van der Waals surface area contributed by atoms with Crippen molar-refractivity contribution < 1.29 is 9.84 Å². The molecule has 1 unspecified atom stereocenters. The maximum absolute atomic E-state index is 8.96. The second kappa shape index (κ2) is 6.62. The van der Waals surface area contributed by atoms with Gasteiger partial charge in [-0.05, 0) is 30.0 Å². The lowest BCUT2D eigenvalue weighted by Crippen LogP contribution is -2.28. The van der Waals surface area contributed by atoms with E-state index in [4.69, 9.17) is 9.84 Å². The summed E-state index contributed by atoms with van der Waals surface area (Å²) in [4.78, 5) is 0. The summed E-state index contributed by atoms with van der Waals surface area (Å²) in [5.41, 5.74) is 2.44. The molecule has 2 N–H and O–H groups in total. The summed E-state index contributed by atoms with van der Waals surface area (Å²) in [5, 5.41) is 12.2. The highest BCUT2D eigenvalue weighted by atomic mass is 16.5. The molecule has 0 aliphatic heterocycles. The van der Waals surface area contributed by atoms with E-state index in [1.807, 2.05) is 13.0 Å². The number of benzene rings is 1. The lowest BCUT2D eigenvalue weighted by Gasteiger charge is -2.15. The molecule has 0 fully saturated rings. The maximum Gasteiger partial charge on any atom is 0.122 e. The Labute approximate surface area is 104 Å². The lowest BCUT2D eigenvalue weighted by molar-refractivity contribution is 0.251. The zero-order chi connectivity index (χ0) is 12.8. The topological polar surface area (TPSA) is 41.5 Å². The van der Waals surface area contributed by atoms with E-state index < -0.39 is 0 Å². The summed E-state index contributed by atoms with van der Waals surface area (Å²) in [5.74, 6) is 1.39. The highest BCUT2D eigenvalue weighted by molar-refractivity contribution is 5.39. The van der Waals surface area contributed by atoms with Crippen molar-refractivity contribution >= 4 is 0 Å². The molecule has 0 aromatic heterocycles. The Balaban J connectivity index is 2.78. The van der Waals surface area contributed by atoms with Gasteiger partial charge in [-0.15, -0.1) is 0 Å². The number of aliphatic hydroxyl groups is 1. The first-order valence-electron chi connectivity index (χ1n) is 6.09. The fourth-order valence-corrected chi connectivity index (χ4v) is 1.70. The van der Waals surface area contributed by atoms with Gasteiger partial charge >= 0.3 is 0 Å². The second-order valence-electron chi connectivity index (χ2n) is 4.70. The normalized spacial score (nSPS) is 12.8. The van der Waals surface area contributed by atoms with Crippen LogP contribution in [0.15, 0.2) is 18.2 Å². The number of rotatable bonds is 6. The summed E-state index contributed by atoms with van der Waals surface area (Å²) in [6.07, 6.45) is 0. The summed E-state index contributed by atoms with van der Waals surface area (Å²) >= 11 is 0. The average molecular weight is 237 g/mol. The number of hydrogen-bond donors (Lipinski definition) is 2. The van der Waals surface area contributed by atoms with Crippen LogP contribution < -0.4 is 10.1 Å². The van der Waals surface area contributed by atoms with Gasteiger partial charge in [0.05, 0.1) is 13.7 Å². The van der Waals surface area contributed by atoms with Crippen LogP contribution in [0.3, 0.4) is 0 Å². The van der Waals surface area contributed by atoms with Crippen molar-refractivity contribution in [2.75, 3.05) is 13.7 Å². The molecule has 3 heteroatoms. The molecule has 3 nitrogen and oxygen atoms in total. The predicted octanol–water partition coefficient (Wildman–Crippen LogP) is 2.29. The molecular formula is C14H23NO2. The molecule has 0 aliphatic rings. The summed E-state index contributed by atoms with van der Waals surface area (Å²) in [6, 6.07) is 6.36. The standard InChI is InChI=1S/C14H23NO2/c1-10(2)13-7-12(5-6-14(13)17-4)8-15-11(3)9-16/h5-7,10-11,15-16H,8-9H2,1-4H3. The van der Waals surface area contributed by atoms with E-state index in [1.54, 1.807) is 7.11 Å². The number of methoxy groups -OCH3 is 1. The molecular weight excluding hydrogens is 214 g/mol. The number of hydrogen-bond acceptors (Lipinski definition) is 3. The zero-order valence-corrected chi connectivity index (χ0v) is 11.2. The molecule has 0 saturated carbocycles. The van der Waals surface area contributed by atoms with Crippen molar-refractivity contribution in [3.05, 3.63) is 29.3 Å². The highest BCUT2D eigenvalue weighted by Crippen LogP contribution is 2.27. The van der Waals surface area contributed by atoms with E-state index in [2.05, 4.69) is 31.3 Å². The number of nitrogens with one attached hydrogen (secondary N) is 1. The number of aliphatic hydroxyl groups excluding tert-OH is 1. The molecule has 0 spiro atoms. The minimum Gasteiger partial charge on any atom is -0.496 e. The van der Waals surface area contributed by atoms with Crippen molar-refractivity contribution in [1.82, 2.24) is 5.32 Å². The van der Waals surface area contributed by atoms with Gasteiger partial charge in [-0.1, -0.05) is 26.0 Å². The van der Waals surface area contributed by atoms with Crippen molar-refractivity contribution in [2.45, 2.75) is 39.3 Å². The molecule has 1 aromatic rings. The molecule has 1 atom stereocenters. The van der Waals surface area contributed by atoms with Crippen LogP contribution in [0, 0.1) is 0 Å². The molecule has 0 aliphatic carbocycles. The fraction of sp³-hybridized carbons (Fsp3) is 0.571. The van der Waals surface area contributed by atoms with Crippen LogP contribution in [-0.4, -0.2) is 24.9 Å². The third kappa shape index (κ3) is 4.02. The summed E-state index contributed by atoms with van der Waals surface area (Å²) < 4.78 is 5.35. The highest BCUT2D eigenvalue weighted by Gasteiger charge is 2.08. The third-order valence-corrected chi connectivity index (χ3v) is 2.84. The van der Waals surface area contributed by atoms with Crippen LogP contribution in [0.4, 0.5) is 0 Å². The van der Waals surface area contributed by atoms with Gasteiger partial charge in [-0.25, -0.2) is 0 Å². The van der Waals surface area contributed by atoms with Gasteiger partial charge < -0.3 is 15.2 Å². The minimum absolute atomic E-state index is 0.125. The van der Waals surface area contributed by atoms with Gasteiger partial charge in [0.25, 0.3) is 0 Å². The average Bonchev–Trinajstić information content (AvgIpc) is 2.35. The van der Waals surface area contributed by atoms with Gasteiger partial charge in [0.1, 0.15) is 5.75 Å². The van der Waals surface area contributed by atoms with Gasteiger partial charge in [0, 0.05) is 12.6 Å². The van der Waals surface area contributed by atoms with E-state index in [9.17, 15) is 0 Å². The Kier molecular flexibility index (Phi) is 5.45. The quantitative estimate of drug-likeness (QED) is 0.797. The third-order valence-electron chi connectivity index (χ3n) is 2.84. The molecule has 17 heavy (non-hydrogen) atoms. The van der Waals surface area contributed by atoms with Crippen LogP contribution in [0.2, 0.25) is 0 Å². The lowest BCUT2D eigenvalue weighted by atomic mass is 9.99. The molecule has 96 valence electrons. The first-order valence-corrected chi connectivity index (χ1v) is 6.09. The first kappa shape index (κ1) is 14.0. The Morgan fingerprint density at radius 2 is 2.00 bits per heavy atom. The van der Waals surface area contributed by atoms with Crippen molar-refractivity contribution in [3.8, 4) is 5.75 Å². The van der Waals surface area contributed by atoms with E-state index in [-0.39, 0.29) is 12.6 Å². The Hall–Kier alpha value is -1.06. The van der Waals surface area contributed by atoms with Crippen molar-refractivity contribution in [3.63, 3.8) is 0 Å². The van der Waals surface area contributed by atoms with Gasteiger partial charge in [0.2, 0.25) is 0 Å². The van der Waals surface area contributed by atoms with Crippen molar-refractivity contribution in [2.24, 2.45) is 0 Å². The van der Waals surface area contributed by atoms with Crippen LogP contribution in [0.25, 0.3) is 0 Å². The molecule has 0 amide bonds. The van der Waals surface area contributed by atoms with Crippen LogP contribution in [0.1, 0.15) is 37.8 Å². The molecule has 1 rings (SSSR count). The predicted molar refractivity (Wildman–Crippen MR) is 70.5 cm³/mol. The Morgan fingerprint density at radius 1 is 1.29 bits per heavy atom. The van der Waals surface area contributed by atoms with Crippen molar-refractivity contribution in [1.29, 1.82) is 0 Å². The van der Waals surface area contributed by atoms with Crippen LogP contribution >= 0.6 is 0 Å². The zero-order valence-electron chi connectivity index (χ0n) is 11.2. The Morgan fingerprint density at radius 3 is 2.53 bits per heavy atom. The van der Waals surface area contributed by atoms with Gasteiger partial charge in [-0.2, -0.15) is 0 Å². The molecule has 1 aromatic carbocycles. The fourth-order valence-electron chi connectivity index (χ4n) is 1.70. The summed E-state index contributed by atoms with van der Waals surface area (Å²) in [6.45, 7) is 7.21. The largest absolute Gasteiger partial charge is 0.496 e. The first-order chi connectivity index (χ1) is 8.08. The SMILES string of the molecule is COc1ccc(CNC(C)CO)cc1C(C)C. The van der Waals surface area contributed by atoms with E-state index in [1.165, 1.54) is 11.1 Å². The van der Waals surface area contributed by atoms with E-state index in [0.29, 0.717) is 5.92 Å². The van der Waals surface area contributed by atoms with E-state index >= 15 is 0 Å². The van der Waals surface area contributed by atoms with Crippen LogP contribution in [0.5, 0.6) is 5.75 Å². The Bertz CT molecular complexity index is 350. The maximum atomic E-state index is 8.96. The summed E-state index contributed by atoms with van der Waals surface area (Å²) in [7, 11) is 1.70. The second-order valence-corrected chi connectivity index (χ2v) is 4.70. The van der Waals surface area contributed by atoms with E-state index in [0.717, 1.165) is 12.3 Å². The monoisotopic (exact) mass is 237 g/mol. The molecule has 0 heterocycles. The number of ether oxygens (including phenoxy) is 1. The minimum atomic E-state index is 0.125.